The fraction of sp³-hybridized carbons (Fsp3) is 0.737. The maximum absolute atomic E-state index is 4.41. The SMILES string of the molecule is CCN1CCN(CCCCNC(=NC)N(C)Cc2cccn2C)CC1.I. The summed E-state index contributed by atoms with van der Waals surface area (Å²) in [6.45, 7) is 11.4. The number of aliphatic imine (C=N–C) groups is 1. The van der Waals surface area contributed by atoms with E-state index in [4.69, 9.17) is 0 Å². The van der Waals surface area contributed by atoms with Crippen LogP contribution in [0.1, 0.15) is 25.5 Å². The van der Waals surface area contributed by atoms with Crippen LogP contribution in [-0.4, -0.2) is 85.1 Å². The minimum atomic E-state index is 0. The lowest BCUT2D eigenvalue weighted by Crippen LogP contribution is -2.46. The van der Waals surface area contributed by atoms with Crippen molar-refractivity contribution in [1.82, 2.24) is 24.6 Å². The molecule has 150 valence electrons. The van der Waals surface area contributed by atoms with Gasteiger partial charge in [-0.25, -0.2) is 0 Å². The number of unbranched alkanes of at least 4 members (excludes halogenated alkanes) is 1. The lowest BCUT2D eigenvalue weighted by atomic mass is 10.2. The molecule has 26 heavy (non-hydrogen) atoms. The first-order valence-electron chi connectivity index (χ1n) is 9.60. The van der Waals surface area contributed by atoms with Crippen molar-refractivity contribution in [3.63, 3.8) is 0 Å². The molecule has 1 saturated heterocycles. The molecule has 0 radical (unpaired) electrons. The molecule has 6 nitrogen and oxygen atoms in total. The van der Waals surface area contributed by atoms with Gasteiger partial charge in [0.25, 0.3) is 0 Å². The van der Waals surface area contributed by atoms with Crippen molar-refractivity contribution in [3.8, 4) is 0 Å². The van der Waals surface area contributed by atoms with Crippen LogP contribution in [0.2, 0.25) is 0 Å². The highest BCUT2D eigenvalue weighted by Crippen LogP contribution is 2.05. The number of nitrogens with one attached hydrogen (secondary N) is 1. The van der Waals surface area contributed by atoms with Crippen LogP contribution in [0.5, 0.6) is 0 Å². The molecule has 1 aliphatic rings. The van der Waals surface area contributed by atoms with Crippen molar-refractivity contribution in [2.75, 3.05) is 59.9 Å². The van der Waals surface area contributed by atoms with Crippen LogP contribution < -0.4 is 5.32 Å². The van der Waals surface area contributed by atoms with Crippen molar-refractivity contribution >= 4 is 29.9 Å². The molecule has 1 N–H and O–H groups in total. The highest BCUT2D eigenvalue weighted by Gasteiger charge is 2.14. The summed E-state index contributed by atoms with van der Waals surface area (Å²) in [5, 5.41) is 3.49. The molecule has 0 saturated carbocycles. The Bertz CT molecular complexity index is 522. The third-order valence-corrected chi connectivity index (χ3v) is 5.12. The summed E-state index contributed by atoms with van der Waals surface area (Å²) in [5.41, 5.74) is 1.29. The van der Waals surface area contributed by atoms with Gasteiger partial charge >= 0.3 is 0 Å². The van der Waals surface area contributed by atoms with Crippen LogP contribution in [0.4, 0.5) is 0 Å². The van der Waals surface area contributed by atoms with E-state index in [1.165, 1.54) is 57.8 Å². The molecule has 0 bridgehead atoms. The predicted octanol–water partition coefficient (Wildman–Crippen LogP) is 2.07. The van der Waals surface area contributed by atoms with Crippen LogP contribution >= 0.6 is 24.0 Å². The van der Waals surface area contributed by atoms with Gasteiger partial charge < -0.3 is 24.6 Å². The molecular formula is C19H37IN6. The van der Waals surface area contributed by atoms with Crippen LogP contribution in [0.25, 0.3) is 0 Å². The zero-order valence-electron chi connectivity index (χ0n) is 16.9. The average Bonchev–Trinajstić information content (AvgIpc) is 3.03. The zero-order valence-corrected chi connectivity index (χ0v) is 19.3. The Morgan fingerprint density at radius 3 is 2.46 bits per heavy atom. The average molecular weight is 476 g/mol. The van der Waals surface area contributed by atoms with Crippen LogP contribution in [0.15, 0.2) is 23.3 Å². The first-order valence-corrected chi connectivity index (χ1v) is 9.60. The molecule has 0 spiro atoms. The minimum Gasteiger partial charge on any atom is -0.356 e. The number of likely N-dealkylation sites (N-methyl/N-ethyl adjacent to an activating group) is 1. The van der Waals surface area contributed by atoms with Gasteiger partial charge in [0.2, 0.25) is 0 Å². The summed E-state index contributed by atoms with van der Waals surface area (Å²) < 4.78 is 2.15. The first kappa shape index (κ1) is 23.2. The number of aryl methyl sites for hydroxylation is 1. The molecule has 1 aliphatic heterocycles. The van der Waals surface area contributed by atoms with E-state index in [9.17, 15) is 0 Å². The number of piperazine rings is 1. The van der Waals surface area contributed by atoms with Crippen LogP contribution in [-0.2, 0) is 13.6 Å². The van der Waals surface area contributed by atoms with Gasteiger partial charge in [0.05, 0.1) is 6.54 Å². The van der Waals surface area contributed by atoms with Gasteiger partial charge in [-0.05, 0) is 38.1 Å². The Morgan fingerprint density at radius 1 is 1.19 bits per heavy atom. The van der Waals surface area contributed by atoms with Gasteiger partial charge in [0, 0.05) is 65.8 Å². The van der Waals surface area contributed by atoms with E-state index in [2.05, 4.69) is 68.9 Å². The van der Waals surface area contributed by atoms with Crippen molar-refractivity contribution in [1.29, 1.82) is 0 Å². The zero-order chi connectivity index (χ0) is 18.1. The van der Waals surface area contributed by atoms with Crippen molar-refractivity contribution in [2.24, 2.45) is 12.0 Å². The summed E-state index contributed by atoms with van der Waals surface area (Å²) >= 11 is 0. The highest BCUT2D eigenvalue weighted by molar-refractivity contribution is 14.0. The lowest BCUT2D eigenvalue weighted by molar-refractivity contribution is 0.136. The molecule has 0 aromatic carbocycles. The van der Waals surface area contributed by atoms with Crippen LogP contribution in [0, 0.1) is 0 Å². The Labute approximate surface area is 176 Å². The molecule has 0 aliphatic carbocycles. The van der Waals surface area contributed by atoms with Crippen molar-refractivity contribution in [2.45, 2.75) is 26.3 Å². The second kappa shape index (κ2) is 12.6. The molecule has 1 fully saturated rings. The maximum atomic E-state index is 4.41. The Balaban J connectivity index is 0.00000338. The highest BCUT2D eigenvalue weighted by atomic mass is 127. The summed E-state index contributed by atoms with van der Waals surface area (Å²) in [6, 6.07) is 4.24. The maximum Gasteiger partial charge on any atom is 0.193 e. The van der Waals surface area contributed by atoms with Gasteiger partial charge in [-0.3, -0.25) is 4.99 Å². The fourth-order valence-electron chi connectivity index (χ4n) is 3.35. The van der Waals surface area contributed by atoms with Gasteiger partial charge in [0.1, 0.15) is 0 Å². The number of guanidine groups is 1. The Morgan fingerprint density at radius 2 is 1.88 bits per heavy atom. The largest absolute Gasteiger partial charge is 0.356 e. The molecule has 1 aromatic heterocycles. The molecule has 7 heteroatoms. The number of rotatable bonds is 8. The smallest absolute Gasteiger partial charge is 0.193 e. The Kier molecular flexibility index (Phi) is 11.2. The number of hydrogen-bond acceptors (Lipinski definition) is 3. The minimum absolute atomic E-state index is 0. The third-order valence-electron chi connectivity index (χ3n) is 5.12. The van der Waals surface area contributed by atoms with E-state index in [1.54, 1.807) is 0 Å². The third kappa shape index (κ3) is 7.44. The molecule has 0 amide bonds. The van der Waals surface area contributed by atoms with E-state index in [-0.39, 0.29) is 24.0 Å². The van der Waals surface area contributed by atoms with Gasteiger partial charge in [-0.1, -0.05) is 6.92 Å². The molecule has 0 unspecified atom stereocenters. The number of hydrogen-bond donors (Lipinski definition) is 1. The summed E-state index contributed by atoms with van der Waals surface area (Å²) in [6.07, 6.45) is 4.52. The van der Waals surface area contributed by atoms with E-state index >= 15 is 0 Å². The second-order valence-electron chi connectivity index (χ2n) is 6.92. The van der Waals surface area contributed by atoms with E-state index in [0.717, 1.165) is 19.0 Å². The molecule has 2 rings (SSSR count). The van der Waals surface area contributed by atoms with Gasteiger partial charge in [-0.15, -0.1) is 24.0 Å². The number of halogens is 1. The van der Waals surface area contributed by atoms with Gasteiger partial charge in [-0.2, -0.15) is 0 Å². The fourth-order valence-corrected chi connectivity index (χ4v) is 3.35. The molecule has 0 atom stereocenters. The lowest BCUT2D eigenvalue weighted by Gasteiger charge is -2.34. The van der Waals surface area contributed by atoms with Crippen molar-refractivity contribution < 1.29 is 0 Å². The summed E-state index contributed by atoms with van der Waals surface area (Å²) in [5.74, 6) is 0.970. The predicted molar refractivity (Wildman–Crippen MR) is 121 cm³/mol. The van der Waals surface area contributed by atoms with Crippen molar-refractivity contribution in [3.05, 3.63) is 24.0 Å². The topological polar surface area (TPSA) is 39.0 Å². The number of aromatic nitrogens is 1. The summed E-state index contributed by atoms with van der Waals surface area (Å²) in [4.78, 5) is 11.7. The summed E-state index contributed by atoms with van der Waals surface area (Å²) in [7, 11) is 6.03. The quantitative estimate of drug-likeness (QED) is 0.270. The first-order chi connectivity index (χ1) is 12.1. The van der Waals surface area contributed by atoms with E-state index in [0.29, 0.717) is 0 Å². The standard InChI is InChI=1S/C19H36N6.HI/c1-5-24-13-15-25(16-14-24)12-7-6-10-21-19(20-2)23(4)17-18-9-8-11-22(18)3;/h8-9,11H,5-7,10,12-17H2,1-4H3,(H,20,21);1H. The van der Waals surface area contributed by atoms with E-state index < -0.39 is 0 Å². The second-order valence-corrected chi connectivity index (χ2v) is 6.92. The molecule has 2 heterocycles. The molecule has 1 aromatic rings. The Hall–Kier alpha value is -0.800. The van der Waals surface area contributed by atoms with Crippen LogP contribution in [0.3, 0.4) is 0 Å². The molecular weight excluding hydrogens is 439 g/mol. The van der Waals surface area contributed by atoms with E-state index in [1.807, 2.05) is 7.05 Å². The van der Waals surface area contributed by atoms with Gasteiger partial charge in [0.15, 0.2) is 5.96 Å². The normalized spacial score (nSPS) is 16.4. The monoisotopic (exact) mass is 476 g/mol. The number of nitrogens with zero attached hydrogens (tertiary/aromatic N) is 5.